The number of nitrogens with two attached hydrogens (primary N) is 2. The molecule has 0 aromatic heterocycles. The van der Waals surface area contributed by atoms with Crippen molar-refractivity contribution in [2.24, 2.45) is 11.5 Å². The molecule has 0 aromatic rings. The van der Waals surface area contributed by atoms with Crippen LogP contribution in [-0.4, -0.2) is 93.7 Å². The highest BCUT2D eigenvalue weighted by Gasteiger charge is 2.31. The molecule has 0 heterocycles. The summed E-state index contributed by atoms with van der Waals surface area (Å²) in [5.41, 5.74) is 11.3. The molecule has 0 bridgehead atoms. The van der Waals surface area contributed by atoms with Crippen LogP contribution < -0.4 is 27.4 Å². The fourth-order valence-corrected chi connectivity index (χ4v) is 3.35. The van der Waals surface area contributed by atoms with Gasteiger partial charge in [0.15, 0.2) is 0 Å². The molecule has 35 heavy (non-hydrogen) atoms. The van der Waals surface area contributed by atoms with E-state index in [0.717, 1.165) is 0 Å². The first kappa shape index (κ1) is 32.1. The largest absolute Gasteiger partial charge is 0.481 e. The molecule has 14 nitrogen and oxygen atoms in total. The lowest BCUT2D eigenvalue weighted by molar-refractivity contribution is -0.144. The summed E-state index contributed by atoms with van der Waals surface area (Å²) in [6.45, 7) is 0.444. The lowest BCUT2D eigenvalue weighted by Gasteiger charge is -2.24. The number of aliphatic carboxylic acids is 3. The van der Waals surface area contributed by atoms with Gasteiger partial charge in [0.2, 0.25) is 17.7 Å². The number of hydrogen-bond acceptors (Lipinski definition) is 9. The number of amides is 3. The van der Waals surface area contributed by atoms with Gasteiger partial charge in [0.1, 0.15) is 18.1 Å². The van der Waals surface area contributed by atoms with Gasteiger partial charge in [-0.05, 0) is 44.2 Å². The van der Waals surface area contributed by atoms with E-state index in [1.165, 1.54) is 11.8 Å². The Morgan fingerprint density at radius 2 is 1.34 bits per heavy atom. The smallest absolute Gasteiger partial charge is 0.326 e. The van der Waals surface area contributed by atoms with Gasteiger partial charge < -0.3 is 42.7 Å². The molecule has 0 aliphatic heterocycles. The summed E-state index contributed by atoms with van der Waals surface area (Å²) in [5, 5.41) is 33.9. The summed E-state index contributed by atoms with van der Waals surface area (Å²) in [4.78, 5) is 71.1. The number of rotatable bonds is 19. The molecule has 0 fully saturated rings. The second kappa shape index (κ2) is 17.5. The van der Waals surface area contributed by atoms with E-state index < -0.39 is 79.1 Å². The molecule has 10 N–H and O–H groups in total. The third kappa shape index (κ3) is 14.2. The van der Waals surface area contributed by atoms with Crippen molar-refractivity contribution in [2.75, 3.05) is 18.6 Å². The van der Waals surface area contributed by atoms with Gasteiger partial charge in [-0.15, -0.1) is 0 Å². The molecule has 4 atom stereocenters. The summed E-state index contributed by atoms with van der Waals surface area (Å²) in [7, 11) is 0. The summed E-state index contributed by atoms with van der Waals surface area (Å²) >= 11 is 1.39. The van der Waals surface area contributed by atoms with Crippen LogP contribution in [0.15, 0.2) is 0 Å². The zero-order valence-corrected chi connectivity index (χ0v) is 20.3. The minimum Gasteiger partial charge on any atom is -0.481 e. The first-order valence-corrected chi connectivity index (χ1v) is 12.3. The highest BCUT2D eigenvalue weighted by molar-refractivity contribution is 7.98. The van der Waals surface area contributed by atoms with E-state index in [4.69, 9.17) is 21.7 Å². The summed E-state index contributed by atoms with van der Waals surface area (Å²) in [6, 6.07) is -5.29. The number of carbonyl (C=O) groups is 6. The van der Waals surface area contributed by atoms with Gasteiger partial charge in [0.05, 0.1) is 12.5 Å². The monoisotopic (exact) mass is 521 g/mol. The standard InChI is InChI=1S/C20H35N5O9S/c1-35-9-7-12(23-17(30)11(22)4-2-3-8-21)18(31)25-14(10-16(28)29)19(32)24-13(20(33)34)5-6-15(26)27/h11-14H,2-10,21-22H2,1H3,(H,23,30)(H,24,32)(H,25,31)(H,26,27)(H,28,29)(H,33,34). The van der Waals surface area contributed by atoms with Crippen LogP contribution in [0.2, 0.25) is 0 Å². The Labute approximate surface area is 206 Å². The maximum absolute atomic E-state index is 12.8. The topological polar surface area (TPSA) is 251 Å². The highest BCUT2D eigenvalue weighted by Crippen LogP contribution is 2.06. The number of carboxylic acid groups (broad SMARTS) is 3. The normalized spacial score (nSPS) is 14.1. The van der Waals surface area contributed by atoms with Crippen LogP contribution in [0.4, 0.5) is 0 Å². The zero-order chi connectivity index (χ0) is 27.0. The fourth-order valence-electron chi connectivity index (χ4n) is 2.88. The Bertz CT molecular complexity index is 752. The van der Waals surface area contributed by atoms with Gasteiger partial charge in [-0.1, -0.05) is 6.42 Å². The Morgan fingerprint density at radius 3 is 1.86 bits per heavy atom. The Kier molecular flexibility index (Phi) is 16.1. The SMILES string of the molecule is CSCCC(NC(=O)C(N)CCCCN)C(=O)NC(CC(=O)O)C(=O)NC(CCC(=O)O)C(=O)O. The first-order valence-electron chi connectivity index (χ1n) is 10.9. The number of carbonyl (C=O) groups excluding carboxylic acids is 3. The molecule has 0 rings (SSSR count). The van der Waals surface area contributed by atoms with Gasteiger partial charge in [-0.3, -0.25) is 24.0 Å². The minimum absolute atomic E-state index is 0.159. The number of hydrogen-bond donors (Lipinski definition) is 8. The predicted octanol–water partition coefficient (Wildman–Crippen LogP) is -1.93. The quantitative estimate of drug-likeness (QED) is 0.0865. The Morgan fingerprint density at radius 1 is 0.771 bits per heavy atom. The third-order valence-electron chi connectivity index (χ3n) is 4.82. The van der Waals surface area contributed by atoms with Crippen molar-refractivity contribution in [3.63, 3.8) is 0 Å². The minimum atomic E-state index is -1.67. The van der Waals surface area contributed by atoms with Crippen LogP contribution in [0.3, 0.4) is 0 Å². The second-order valence-corrected chi connectivity index (χ2v) is 8.71. The van der Waals surface area contributed by atoms with Gasteiger partial charge >= 0.3 is 17.9 Å². The molecule has 3 amide bonds. The molecule has 0 aromatic carbocycles. The molecule has 0 spiro atoms. The average molecular weight is 522 g/mol. The molecule has 0 saturated heterocycles. The predicted molar refractivity (Wildman–Crippen MR) is 126 cm³/mol. The second-order valence-electron chi connectivity index (χ2n) is 7.72. The lowest BCUT2D eigenvalue weighted by Crippen LogP contribution is -2.57. The number of thioether (sulfide) groups is 1. The number of nitrogens with one attached hydrogen (secondary N) is 3. The molecule has 4 unspecified atom stereocenters. The van der Waals surface area contributed by atoms with Crippen molar-refractivity contribution in [1.82, 2.24) is 16.0 Å². The summed E-state index contributed by atoms with van der Waals surface area (Å²) < 4.78 is 0. The van der Waals surface area contributed by atoms with Crippen LogP contribution >= 0.6 is 11.8 Å². The van der Waals surface area contributed by atoms with Crippen molar-refractivity contribution in [3.8, 4) is 0 Å². The van der Waals surface area contributed by atoms with Crippen molar-refractivity contribution in [3.05, 3.63) is 0 Å². The highest BCUT2D eigenvalue weighted by atomic mass is 32.2. The van der Waals surface area contributed by atoms with Gasteiger partial charge in [-0.2, -0.15) is 11.8 Å². The van der Waals surface area contributed by atoms with Crippen LogP contribution in [0.25, 0.3) is 0 Å². The van der Waals surface area contributed by atoms with E-state index in [2.05, 4.69) is 16.0 Å². The van der Waals surface area contributed by atoms with Gasteiger partial charge in [-0.25, -0.2) is 4.79 Å². The Hall–Kier alpha value is -2.91. The molecular formula is C20H35N5O9S. The maximum atomic E-state index is 12.8. The zero-order valence-electron chi connectivity index (χ0n) is 19.5. The van der Waals surface area contributed by atoms with Crippen LogP contribution in [0, 0.1) is 0 Å². The van der Waals surface area contributed by atoms with E-state index in [0.29, 0.717) is 31.6 Å². The summed E-state index contributed by atoms with van der Waals surface area (Å²) in [6.07, 6.45) is 1.69. The van der Waals surface area contributed by atoms with Crippen LogP contribution in [-0.2, 0) is 28.8 Å². The molecule has 0 saturated carbocycles. The molecule has 15 heteroatoms. The Balaban J connectivity index is 5.41. The van der Waals surface area contributed by atoms with Crippen molar-refractivity contribution in [2.45, 2.75) is 69.1 Å². The molecular weight excluding hydrogens is 486 g/mol. The molecule has 0 radical (unpaired) electrons. The number of unbranched alkanes of at least 4 members (excludes halogenated alkanes) is 1. The van der Waals surface area contributed by atoms with Crippen molar-refractivity contribution < 1.29 is 44.1 Å². The van der Waals surface area contributed by atoms with E-state index in [-0.39, 0.29) is 6.42 Å². The van der Waals surface area contributed by atoms with E-state index in [9.17, 15) is 33.9 Å². The fraction of sp³-hybridized carbons (Fsp3) is 0.700. The van der Waals surface area contributed by atoms with Crippen molar-refractivity contribution in [1.29, 1.82) is 0 Å². The molecule has 200 valence electrons. The third-order valence-corrected chi connectivity index (χ3v) is 5.47. The van der Waals surface area contributed by atoms with Gasteiger partial charge in [0, 0.05) is 6.42 Å². The average Bonchev–Trinajstić information content (AvgIpc) is 2.77. The molecule has 0 aliphatic carbocycles. The lowest BCUT2D eigenvalue weighted by atomic mass is 10.1. The van der Waals surface area contributed by atoms with E-state index >= 15 is 0 Å². The van der Waals surface area contributed by atoms with Crippen LogP contribution in [0.5, 0.6) is 0 Å². The van der Waals surface area contributed by atoms with E-state index in [1.807, 2.05) is 0 Å². The van der Waals surface area contributed by atoms with Crippen LogP contribution in [0.1, 0.15) is 44.9 Å². The maximum Gasteiger partial charge on any atom is 0.326 e. The summed E-state index contributed by atoms with van der Waals surface area (Å²) in [5.74, 6) is -6.36. The van der Waals surface area contributed by atoms with Gasteiger partial charge in [0.25, 0.3) is 0 Å². The van der Waals surface area contributed by atoms with Crippen molar-refractivity contribution >= 4 is 47.4 Å². The number of carboxylic acids is 3. The first-order chi connectivity index (χ1) is 16.4. The van der Waals surface area contributed by atoms with E-state index in [1.54, 1.807) is 6.26 Å². The molecule has 0 aliphatic rings.